The third-order valence-electron chi connectivity index (χ3n) is 1.54. The summed E-state index contributed by atoms with van der Waals surface area (Å²) in [5, 5.41) is 5.38. The number of amides is 2. The lowest BCUT2D eigenvalue weighted by Gasteiger charge is -2.18. The highest BCUT2D eigenvalue weighted by Crippen LogP contribution is 2.09. The van der Waals surface area contributed by atoms with Crippen molar-refractivity contribution < 1.29 is 12.4 Å². The zero-order valence-electron chi connectivity index (χ0n) is 9.44. The molecule has 0 fully saturated rings. The van der Waals surface area contributed by atoms with E-state index in [9.17, 15) is 9.59 Å². The van der Waals surface area contributed by atoms with Gasteiger partial charge < -0.3 is 10.6 Å². The zero-order valence-corrected chi connectivity index (χ0v) is 9.44. The molecule has 86 valence electrons. The fourth-order valence-corrected chi connectivity index (χ4v) is 0.804. The molecular formula is C10H24N2O2. The molecule has 0 radical (unpaired) electrons. The Morgan fingerprint density at radius 3 is 2.21 bits per heavy atom. The molecule has 0 aromatic carbocycles. The second kappa shape index (κ2) is 5.62. The van der Waals surface area contributed by atoms with Gasteiger partial charge in [-0.1, -0.05) is 20.8 Å². The number of carbonyl (C=O) groups excluding carboxylic acids is 2. The number of rotatable bonds is 4. The molecule has 0 atom stereocenters. The highest BCUT2D eigenvalue weighted by Gasteiger charge is 2.11. The molecule has 0 aliphatic rings. The normalized spacial score (nSPS) is 10.9. The molecule has 0 unspecified atom stereocenters. The Balaban J connectivity index is -0.000000845. The Labute approximate surface area is 88.4 Å². The Morgan fingerprint density at radius 1 is 1.21 bits per heavy atom. The summed E-state index contributed by atoms with van der Waals surface area (Å²) < 4.78 is 0. The van der Waals surface area contributed by atoms with Gasteiger partial charge >= 0.3 is 0 Å². The molecule has 4 nitrogen and oxygen atoms in total. The third kappa shape index (κ3) is 9.03. The van der Waals surface area contributed by atoms with Crippen LogP contribution in [-0.2, 0) is 9.59 Å². The van der Waals surface area contributed by atoms with Crippen molar-refractivity contribution in [3.05, 3.63) is 0 Å². The minimum atomic E-state index is -0.103. The van der Waals surface area contributed by atoms with Crippen LogP contribution in [0.2, 0.25) is 0 Å². The van der Waals surface area contributed by atoms with E-state index in [1.807, 2.05) is 0 Å². The van der Waals surface area contributed by atoms with Crippen molar-refractivity contribution in [3.63, 3.8) is 0 Å². The predicted octanol–water partition coefficient (Wildman–Crippen LogP) is 1.17. The van der Waals surface area contributed by atoms with Gasteiger partial charge in [-0.05, 0) is 5.41 Å². The zero-order chi connectivity index (χ0) is 11.2. The summed E-state index contributed by atoms with van der Waals surface area (Å²) in [6, 6.07) is 0. The predicted molar refractivity (Wildman–Crippen MR) is 60.0 cm³/mol. The van der Waals surface area contributed by atoms with Gasteiger partial charge in [-0.3, -0.25) is 9.59 Å². The van der Waals surface area contributed by atoms with Gasteiger partial charge in [-0.15, -0.1) is 0 Å². The topological polar surface area (TPSA) is 58.2 Å². The monoisotopic (exact) mass is 204 g/mol. The Hall–Kier alpha value is -1.06. The van der Waals surface area contributed by atoms with Gasteiger partial charge in [-0.25, -0.2) is 0 Å². The van der Waals surface area contributed by atoms with Crippen LogP contribution in [-0.4, -0.2) is 24.9 Å². The maximum atomic E-state index is 11.2. The average molecular weight is 204 g/mol. The van der Waals surface area contributed by atoms with E-state index < -0.39 is 0 Å². The van der Waals surface area contributed by atoms with Crippen LogP contribution in [0.1, 0.15) is 37.0 Å². The molecule has 0 rings (SSSR count). The first-order valence-electron chi connectivity index (χ1n) is 4.82. The molecule has 14 heavy (non-hydrogen) atoms. The quantitative estimate of drug-likeness (QED) is 0.722. The van der Waals surface area contributed by atoms with Crippen LogP contribution >= 0.6 is 0 Å². The molecule has 0 aliphatic heterocycles. The van der Waals surface area contributed by atoms with E-state index in [1.54, 1.807) is 0 Å². The third-order valence-corrected chi connectivity index (χ3v) is 1.54. The summed E-state index contributed by atoms with van der Waals surface area (Å²) in [4.78, 5) is 21.7. The van der Waals surface area contributed by atoms with Gasteiger partial charge in [0.1, 0.15) is 0 Å². The van der Waals surface area contributed by atoms with Crippen LogP contribution in [0.25, 0.3) is 0 Å². The first-order valence-corrected chi connectivity index (χ1v) is 4.82. The van der Waals surface area contributed by atoms with Gasteiger partial charge in [-0.2, -0.15) is 0 Å². The summed E-state index contributed by atoms with van der Waals surface area (Å²) in [5.41, 5.74) is 0.101. The maximum Gasteiger partial charge on any atom is 0.221 e. The minimum absolute atomic E-state index is 0. The summed E-state index contributed by atoms with van der Waals surface area (Å²) in [6.45, 7) is 8.67. The molecule has 0 heterocycles. The van der Waals surface area contributed by atoms with E-state index in [2.05, 4.69) is 31.4 Å². The number of hydrogen-bond acceptors (Lipinski definition) is 2. The molecule has 0 aromatic heterocycles. The highest BCUT2D eigenvalue weighted by atomic mass is 16.2. The first kappa shape index (κ1) is 12.9. The van der Waals surface area contributed by atoms with Crippen LogP contribution in [0.15, 0.2) is 0 Å². The van der Waals surface area contributed by atoms with E-state index in [4.69, 9.17) is 0 Å². The maximum absolute atomic E-state index is 11.2. The van der Waals surface area contributed by atoms with Crippen LogP contribution in [0.5, 0.6) is 0 Å². The lowest BCUT2D eigenvalue weighted by atomic mass is 9.97. The van der Waals surface area contributed by atoms with Crippen LogP contribution < -0.4 is 10.6 Å². The van der Waals surface area contributed by atoms with E-state index in [0.717, 1.165) is 0 Å². The molecule has 0 aliphatic carbocycles. The Bertz CT molecular complexity index is 215. The van der Waals surface area contributed by atoms with Crippen molar-refractivity contribution in [2.75, 3.05) is 13.1 Å². The van der Waals surface area contributed by atoms with Crippen molar-refractivity contribution in [1.82, 2.24) is 10.6 Å². The van der Waals surface area contributed by atoms with Crippen molar-refractivity contribution in [2.45, 2.75) is 34.1 Å². The second-order valence-corrected chi connectivity index (χ2v) is 4.57. The molecule has 2 N–H and O–H groups in total. The van der Waals surface area contributed by atoms with Crippen molar-refractivity contribution in [2.24, 2.45) is 5.41 Å². The van der Waals surface area contributed by atoms with E-state index in [1.165, 1.54) is 6.92 Å². The van der Waals surface area contributed by atoms with Crippen molar-refractivity contribution in [1.29, 1.82) is 0 Å². The fourth-order valence-electron chi connectivity index (χ4n) is 0.804. The summed E-state index contributed by atoms with van der Waals surface area (Å²) >= 11 is 0. The van der Waals surface area contributed by atoms with Gasteiger partial charge in [0.2, 0.25) is 11.8 Å². The number of hydrogen-bond donors (Lipinski definition) is 2. The number of nitrogens with one attached hydrogen (secondary N) is 2. The van der Waals surface area contributed by atoms with Crippen molar-refractivity contribution >= 4 is 11.8 Å². The molecule has 4 heteroatoms. The van der Waals surface area contributed by atoms with Gasteiger partial charge in [0.05, 0.1) is 0 Å². The lowest BCUT2D eigenvalue weighted by molar-refractivity contribution is -0.121. The minimum Gasteiger partial charge on any atom is -0.356 e. The smallest absolute Gasteiger partial charge is 0.221 e. The number of carbonyl (C=O) groups is 2. The van der Waals surface area contributed by atoms with Crippen LogP contribution in [0.3, 0.4) is 0 Å². The summed E-state index contributed by atoms with van der Waals surface area (Å²) in [5.74, 6) is -0.123. The molecule has 0 saturated carbocycles. The Kier molecular flexibility index (Phi) is 5.20. The van der Waals surface area contributed by atoms with Crippen LogP contribution in [0, 0.1) is 5.41 Å². The summed E-state index contributed by atoms with van der Waals surface area (Å²) in [6.07, 6.45) is 0.343. The van der Waals surface area contributed by atoms with Gasteiger partial charge in [0.25, 0.3) is 0 Å². The average Bonchev–Trinajstić information content (AvgIpc) is 1.99. The van der Waals surface area contributed by atoms with Gasteiger partial charge in [0, 0.05) is 29.3 Å². The standard InChI is InChI=1S/C10H20N2O2.2H2/c1-8(13)11-6-5-9(14)12-7-10(2,3)4;;/h5-7H2,1-4H3,(H,11,13)(H,12,14);2*1H. The van der Waals surface area contributed by atoms with E-state index in [-0.39, 0.29) is 20.1 Å². The molecular weight excluding hydrogens is 180 g/mol. The SMILES string of the molecule is CC(=O)NCCC(=O)NCC(C)(C)C.[HH].[HH]. The first-order chi connectivity index (χ1) is 6.31. The largest absolute Gasteiger partial charge is 0.356 e. The van der Waals surface area contributed by atoms with E-state index >= 15 is 0 Å². The second-order valence-electron chi connectivity index (χ2n) is 4.57. The van der Waals surface area contributed by atoms with Crippen LogP contribution in [0.4, 0.5) is 0 Å². The van der Waals surface area contributed by atoms with Gasteiger partial charge in [0.15, 0.2) is 0 Å². The van der Waals surface area contributed by atoms with Crippen molar-refractivity contribution in [3.8, 4) is 0 Å². The molecule has 0 aromatic rings. The molecule has 0 saturated heterocycles. The van der Waals surface area contributed by atoms with E-state index in [0.29, 0.717) is 19.5 Å². The molecule has 0 spiro atoms. The summed E-state index contributed by atoms with van der Waals surface area (Å²) in [7, 11) is 0. The molecule has 2 amide bonds. The fraction of sp³-hybridized carbons (Fsp3) is 0.800. The highest BCUT2D eigenvalue weighted by molar-refractivity contribution is 5.77. The lowest BCUT2D eigenvalue weighted by Crippen LogP contribution is -2.34. The molecule has 0 bridgehead atoms. The Morgan fingerprint density at radius 2 is 1.79 bits per heavy atom.